The molecule has 4 heteroatoms. The molecule has 0 radical (unpaired) electrons. The van der Waals surface area contributed by atoms with Crippen LogP contribution in [-0.2, 0) is 4.79 Å². The molecule has 3 aliphatic rings. The number of nitrogens with two attached hydrogens (primary N) is 1. The highest BCUT2D eigenvalue weighted by molar-refractivity contribution is 5.80. The summed E-state index contributed by atoms with van der Waals surface area (Å²) in [6.45, 7) is 2.38. The topological polar surface area (TPSA) is 58.4 Å². The Labute approximate surface area is 109 Å². The van der Waals surface area contributed by atoms with Gasteiger partial charge in [0.05, 0.1) is 5.92 Å². The van der Waals surface area contributed by atoms with E-state index in [-0.39, 0.29) is 17.9 Å². The van der Waals surface area contributed by atoms with Gasteiger partial charge in [-0.1, -0.05) is 12.8 Å². The van der Waals surface area contributed by atoms with Crippen LogP contribution in [0.1, 0.15) is 44.9 Å². The van der Waals surface area contributed by atoms with Gasteiger partial charge in [-0.15, -0.1) is 0 Å². The first-order chi connectivity index (χ1) is 8.75. The lowest BCUT2D eigenvalue weighted by atomic mass is 9.97. The van der Waals surface area contributed by atoms with Crippen molar-refractivity contribution in [2.75, 3.05) is 13.1 Å². The van der Waals surface area contributed by atoms with Crippen LogP contribution in [-0.4, -0.2) is 42.0 Å². The highest BCUT2D eigenvalue weighted by atomic mass is 16.2. The molecule has 0 bridgehead atoms. The van der Waals surface area contributed by atoms with Gasteiger partial charge in [0.25, 0.3) is 0 Å². The van der Waals surface area contributed by atoms with Gasteiger partial charge >= 0.3 is 0 Å². The van der Waals surface area contributed by atoms with E-state index >= 15 is 0 Å². The number of carbonyl (C=O) groups excluding carboxylic acids is 1. The highest BCUT2D eigenvalue weighted by Gasteiger charge is 2.38. The van der Waals surface area contributed by atoms with E-state index in [4.69, 9.17) is 5.73 Å². The van der Waals surface area contributed by atoms with Crippen LogP contribution in [0.3, 0.4) is 0 Å². The largest absolute Gasteiger partial charge is 0.351 e. The van der Waals surface area contributed by atoms with Crippen molar-refractivity contribution in [2.24, 2.45) is 11.7 Å². The van der Waals surface area contributed by atoms with Crippen molar-refractivity contribution < 1.29 is 4.79 Å². The maximum absolute atomic E-state index is 12.3. The van der Waals surface area contributed by atoms with E-state index in [1.54, 1.807) is 0 Å². The Morgan fingerprint density at radius 1 is 1.06 bits per heavy atom. The van der Waals surface area contributed by atoms with Gasteiger partial charge in [-0.2, -0.15) is 0 Å². The number of rotatable bonds is 2. The smallest absolute Gasteiger partial charge is 0.224 e. The molecule has 0 aromatic rings. The summed E-state index contributed by atoms with van der Waals surface area (Å²) in [5.74, 6) is 0.292. The van der Waals surface area contributed by atoms with Gasteiger partial charge in [0.2, 0.25) is 5.91 Å². The van der Waals surface area contributed by atoms with Crippen LogP contribution < -0.4 is 11.1 Å². The van der Waals surface area contributed by atoms with Crippen LogP contribution in [0.2, 0.25) is 0 Å². The zero-order valence-corrected chi connectivity index (χ0v) is 11.1. The molecule has 1 saturated carbocycles. The average molecular weight is 251 g/mol. The molecule has 0 spiro atoms. The predicted octanol–water partition coefficient (Wildman–Crippen LogP) is 0.857. The molecule has 4 unspecified atom stereocenters. The molecular formula is C14H25N3O. The zero-order chi connectivity index (χ0) is 12.5. The lowest BCUT2D eigenvalue weighted by molar-refractivity contribution is -0.126. The van der Waals surface area contributed by atoms with Crippen LogP contribution in [0, 0.1) is 5.92 Å². The van der Waals surface area contributed by atoms with E-state index in [1.807, 2.05) is 0 Å². The average Bonchev–Trinajstić information content (AvgIpc) is 2.97. The van der Waals surface area contributed by atoms with E-state index < -0.39 is 0 Å². The maximum Gasteiger partial charge on any atom is 0.224 e. The van der Waals surface area contributed by atoms with E-state index in [0.717, 1.165) is 32.2 Å². The third-order valence-electron chi connectivity index (χ3n) is 5.09. The van der Waals surface area contributed by atoms with Gasteiger partial charge in [-0.25, -0.2) is 0 Å². The van der Waals surface area contributed by atoms with Crippen LogP contribution >= 0.6 is 0 Å². The number of amides is 1. The van der Waals surface area contributed by atoms with Crippen LogP contribution in [0.5, 0.6) is 0 Å². The van der Waals surface area contributed by atoms with Crippen molar-refractivity contribution >= 4 is 5.91 Å². The molecule has 2 aliphatic heterocycles. The Hall–Kier alpha value is -0.610. The van der Waals surface area contributed by atoms with Crippen molar-refractivity contribution in [3.05, 3.63) is 0 Å². The van der Waals surface area contributed by atoms with Crippen molar-refractivity contribution in [3.63, 3.8) is 0 Å². The number of hydrogen-bond acceptors (Lipinski definition) is 3. The SMILES string of the molecule is NC1CCCC1C(=O)NC1CCN2CCCCC12. The molecule has 4 nitrogen and oxygen atoms in total. The van der Waals surface area contributed by atoms with Gasteiger partial charge in [0.15, 0.2) is 0 Å². The van der Waals surface area contributed by atoms with E-state index in [9.17, 15) is 4.79 Å². The molecule has 3 fully saturated rings. The Balaban J connectivity index is 1.57. The number of carbonyl (C=O) groups is 1. The number of nitrogens with one attached hydrogen (secondary N) is 1. The fourth-order valence-corrected chi connectivity index (χ4v) is 4.02. The second-order valence-electron chi connectivity index (χ2n) is 6.20. The third kappa shape index (κ3) is 2.28. The monoisotopic (exact) mass is 251 g/mol. The summed E-state index contributed by atoms with van der Waals surface area (Å²) in [7, 11) is 0. The van der Waals surface area contributed by atoms with Crippen molar-refractivity contribution in [1.82, 2.24) is 10.2 Å². The van der Waals surface area contributed by atoms with E-state index in [1.165, 1.54) is 25.8 Å². The fourth-order valence-electron chi connectivity index (χ4n) is 4.02. The van der Waals surface area contributed by atoms with Gasteiger partial charge < -0.3 is 11.1 Å². The molecule has 0 aromatic heterocycles. The number of fused-ring (bicyclic) bond motifs is 1. The molecule has 4 atom stereocenters. The second-order valence-corrected chi connectivity index (χ2v) is 6.20. The number of hydrogen-bond donors (Lipinski definition) is 2. The number of piperidine rings is 1. The zero-order valence-electron chi connectivity index (χ0n) is 11.1. The molecule has 18 heavy (non-hydrogen) atoms. The molecule has 2 heterocycles. The van der Waals surface area contributed by atoms with E-state index in [0.29, 0.717) is 12.1 Å². The van der Waals surface area contributed by atoms with Crippen LogP contribution in [0.15, 0.2) is 0 Å². The minimum atomic E-state index is 0.0719. The minimum Gasteiger partial charge on any atom is -0.351 e. The third-order valence-corrected chi connectivity index (χ3v) is 5.09. The lowest BCUT2D eigenvalue weighted by Gasteiger charge is -2.33. The highest BCUT2D eigenvalue weighted by Crippen LogP contribution is 2.29. The lowest BCUT2D eigenvalue weighted by Crippen LogP contribution is -2.49. The van der Waals surface area contributed by atoms with Gasteiger partial charge in [-0.05, 0) is 38.6 Å². The molecule has 0 aromatic carbocycles. The molecule has 2 saturated heterocycles. The Kier molecular flexibility index (Phi) is 3.57. The molecule has 3 N–H and O–H groups in total. The number of nitrogens with zero attached hydrogens (tertiary/aromatic N) is 1. The first-order valence-corrected chi connectivity index (χ1v) is 7.56. The molecule has 102 valence electrons. The summed E-state index contributed by atoms with van der Waals surface area (Å²) in [4.78, 5) is 14.8. The summed E-state index contributed by atoms with van der Waals surface area (Å²) in [5.41, 5.74) is 6.01. The summed E-state index contributed by atoms with van der Waals surface area (Å²) in [6, 6.07) is 1.07. The summed E-state index contributed by atoms with van der Waals surface area (Å²) < 4.78 is 0. The molecule has 1 aliphatic carbocycles. The van der Waals surface area contributed by atoms with Crippen molar-refractivity contribution in [1.29, 1.82) is 0 Å². The quantitative estimate of drug-likeness (QED) is 0.765. The molecule has 3 rings (SSSR count). The first-order valence-electron chi connectivity index (χ1n) is 7.56. The summed E-state index contributed by atoms with van der Waals surface area (Å²) in [6.07, 6.45) is 8.12. The molecular weight excluding hydrogens is 226 g/mol. The first kappa shape index (κ1) is 12.4. The van der Waals surface area contributed by atoms with Crippen molar-refractivity contribution in [3.8, 4) is 0 Å². The fraction of sp³-hybridized carbons (Fsp3) is 0.929. The second kappa shape index (κ2) is 5.17. The van der Waals surface area contributed by atoms with Crippen LogP contribution in [0.4, 0.5) is 0 Å². The van der Waals surface area contributed by atoms with E-state index in [2.05, 4.69) is 10.2 Å². The summed E-state index contributed by atoms with van der Waals surface area (Å²) in [5, 5.41) is 3.29. The van der Waals surface area contributed by atoms with Gasteiger partial charge in [0, 0.05) is 24.7 Å². The molecule has 1 amide bonds. The summed E-state index contributed by atoms with van der Waals surface area (Å²) >= 11 is 0. The normalized spacial score (nSPS) is 40.7. The van der Waals surface area contributed by atoms with Crippen molar-refractivity contribution in [2.45, 2.75) is 63.1 Å². The Morgan fingerprint density at radius 2 is 1.94 bits per heavy atom. The predicted molar refractivity (Wildman–Crippen MR) is 71.1 cm³/mol. The van der Waals surface area contributed by atoms with Crippen LogP contribution in [0.25, 0.3) is 0 Å². The Bertz CT molecular complexity index is 320. The van der Waals surface area contributed by atoms with Gasteiger partial charge in [0.1, 0.15) is 0 Å². The maximum atomic E-state index is 12.3. The minimum absolute atomic E-state index is 0.0719. The standard InChI is InChI=1S/C14H25N3O/c15-11-5-3-4-10(11)14(18)16-12-7-9-17-8-2-1-6-13(12)17/h10-13H,1-9,15H2,(H,16,18). The Morgan fingerprint density at radius 3 is 2.72 bits per heavy atom. The van der Waals surface area contributed by atoms with Gasteiger partial charge in [-0.3, -0.25) is 9.69 Å².